The minimum absolute atomic E-state index is 0.454. The van der Waals surface area contributed by atoms with Gasteiger partial charge in [-0.3, -0.25) is 4.98 Å². The molecule has 1 aliphatic heterocycles. The monoisotopic (exact) mass is 386 g/mol. The third-order valence-corrected chi connectivity index (χ3v) is 4.86. The summed E-state index contributed by atoms with van der Waals surface area (Å²) in [5.41, 5.74) is 3.83. The van der Waals surface area contributed by atoms with Crippen LogP contribution >= 0.6 is 0 Å². The molecule has 6 nitrogen and oxygen atoms in total. The van der Waals surface area contributed by atoms with E-state index < -0.39 is 0 Å². The molecule has 0 aliphatic carbocycles. The predicted molar refractivity (Wildman–Crippen MR) is 110 cm³/mol. The lowest BCUT2D eigenvalue weighted by molar-refractivity contribution is 0.216. The lowest BCUT2D eigenvalue weighted by atomic mass is 10.0. The molecule has 6 heteroatoms. The summed E-state index contributed by atoms with van der Waals surface area (Å²) in [6.45, 7) is 4.49. The fourth-order valence-electron chi connectivity index (χ4n) is 3.46. The fourth-order valence-corrected chi connectivity index (χ4v) is 3.46. The second kappa shape index (κ2) is 8.61. The average Bonchev–Trinajstić information content (AvgIpc) is 2.77. The van der Waals surface area contributed by atoms with Crippen molar-refractivity contribution in [3.63, 3.8) is 0 Å². The van der Waals surface area contributed by atoms with Crippen molar-refractivity contribution in [2.75, 3.05) is 24.7 Å². The van der Waals surface area contributed by atoms with Gasteiger partial charge in [-0.1, -0.05) is 18.2 Å². The number of nitriles is 1. The summed E-state index contributed by atoms with van der Waals surface area (Å²) in [7, 11) is 0. The predicted octanol–water partition coefficient (Wildman–Crippen LogP) is 3.68. The summed E-state index contributed by atoms with van der Waals surface area (Å²) in [4.78, 5) is 11.3. The van der Waals surface area contributed by atoms with E-state index in [0.29, 0.717) is 18.8 Å². The van der Waals surface area contributed by atoms with Gasteiger partial charge in [0, 0.05) is 31.4 Å². The van der Waals surface area contributed by atoms with E-state index in [1.807, 2.05) is 43.3 Å². The largest absolute Gasteiger partial charge is 0.490 e. The maximum atomic E-state index is 9.04. The molecule has 0 atom stereocenters. The molecule has 1 aromatic carbocycles. The molecule has 3 aromatic rings. The average molecular weight is 386 g/mol. The van der Waals surface area contributed by atoms with E-state index in [4.69, 9.17) is 14.7 Å². The molecule has 0 N–H and O–H groups in total. The summed E-state index contributed by atoms with van der Waals surface area (Å²) in [6.07, 6.45) is 4.26. The number of ether oxygens (including phenoxy) is 2. The van der Waals surface area contributed by atoms with Crippen LogP contribution in [0.4, 0.5) is 5.82 Å². The zero-order valence-corrected chi connectivity index (χ0v) is 16.3. The van der Waals surface area contributed by atoms with Crippen molar-refractivity contribution in [2.24, 2.45) is 0 Å². The van der Waals surface area contributed by atoms with E-state index in [9.17, 15) is 0 Å². The molecule has 2 aromatic heterocycles. The van der Waals surface area contributed by atoms with Gasteiger partial charge in [-0.05, 0) is 42.3 Å². The SMILES string of the molecule is Cc1cc(C#N)cnc1N1CCc2ncc(OCCOc3ccccc3)cc2C1. The van der Waals surface area contributed by atoms with Crippen molar-refractivity contribution in [2.45, 2.75) is 19.9 Å². The Hall–Kier alpha value is -3.59. The Morgan fingerprint density at radius 1 is 1.03 bits per heavy atom. The van der Waals surface area contributed by atoms with E-state index in [1.54, 1.807) is 12.4 Å². The number of rotatable bonds is 6. The standard InChI is InChI=1S/C23H22N4O2/c1-17-11-18(13-24)14-26-23(17)27-8-7-22-19(16-27)12-21(15-25-22)29-10-9-28-20-5-3-2-4-6-20/h2-6,11-12,14-15H,7-10,16H2,1H3. The van der Waals surface area contributed by atoms with Gasteiger partial charge in [0.1, 0.15) is 36.6 Å². The molecule has 1 aliphatic rings. The van der Waals surface area contributed by atoms with Crippen molar-refractivity contribution < 1.29 is 9.47 Å². The highest BCUT2D eigenvalue weighted by Gasteiger charge is 2.20. The highest BCUT2D eigenvalue weighted by Crippen LogP contribution is 2.27. The Balaban J connectivity index is 1.38. The molecule has 146 valence electrons. The smallest absolute Gasteiger partial charge is 0.138 e. The number of nitrogens with zero attached hydrogens (tertiary/aromatic N) is 4. The number of benzene rings is 1. The molecule has 0 unspecified atom stereocenters. The van der Waals surface area contributed by atoms with Crippen molar-refractivity contribution in [3.8, 4) is 17.6 Å². The number of anilines is 1. The molecule has 0 radical (unpaired) electrons. The second-order valence-electron chi connectivity index (χ2n) is 6.93. The van der Waals surface area contributed by atoms with Gasteiger partial charge >= 0.3 is 0 Å². The normalized spacial score (nSPS) is 12.8. The molecule has 4 rings (SSSR count). The van der Waals surface area contributed by atoms with Crippen LogP contribution in [0.25, 0.3) is 0 Å². The fraction of sp³-hybridized carbons (Fsp3) is 0.261. The molecule has 29 heavy (non-hydrogen) atoms. The number of hydrogen-bond acceptors (Lipinski definition) is 6. The van der Waals surface area contributed by atoms with Crippen molar-refractivity contribution >= 4 is 5.82 Å². The number of fused-ring (bicyclic) bond motifs is 1. The first-order valence-electron chi connectivity index (χ1n) is 9.63. The van der Waals surface area contributed by atoms with Crippen LogP contribution in [0.3, 0.4) is 0 Å². The Bertz CT molecular complexity index is 1030. The molecule has 0 saturated heterocycles. The van der Waals surface area contributed by atoms with E-state index in [2.05, 4.69) is 27.0 Å². The highest BCUT2D eigenvalue weighted by molar-refractivity contribution is 5.51. The molecule has 0 saturated carbocycles. The van der Waals surface area contributed by atoms with Crippen LogP contribution in [-0.2, 0) is 13.0 Å². The maximum Gasteiger partial charge on any atom is 0.138 e. The van der Waals surface area contributed by atoms with Gasteiger partial charge in [-0.15, -0.1) is 0 Å². The Labute approximate surface area is 170 Å². The summed E-state index contributed by atoms with van der Waals surface area (Å²) in [6, 6.07) is 15.8. The summed E-state index contributed by atoms with van der Waals surface area (Å²) in [5.74, 6) is 2.49. The van der Waals surface area contributed by atoms with Crippen LogP contribution in [-0.4, -0.2) is 29.7 Å². The number of aromatic nitrogens is 2. The molecule has 0 spiro atoms. The number of hydrogen-bond donors (Lipinski definition) is 0. The first-order valence-corrected chi connectivity index (χ1v) is 9.63. The zero-order chi connectivity index (χ0) is 20.1. The van der Waals surface area contributed by atoms with Crippen LogP contribution in [0.2, 0.25) is 0 Å². The third kappa shape index (κ3) is 4.46. The van der Waals surface area contributed by atoms with Gasteiger partial charge in [0.15, 0.2) is 0 Å². The minimum Gasteiger partial charge on any atom is -0.490 e. The van der Waals surface area contributed by atoms with Crippen molar-refractivity contribution in [1.82, 2.24) is 9.97 Å². The number of para-hydroxylation sites is 1. The van der Waals surface area contributed by atoms with E-state index in [0.717, 1.165) is 53.6 Å². The van der Waals surface area contributed by atoms with E-state index in [-0.39, 0.29) is 0 Å². The first-order chi connectivity index (χ1) is 14.2. The molecular weight excluding hydrogens is 364 g/mol. The Kier molecular flexibility index (Phi) is 5.57. The van der Waals surface area contributed by atoms with Crippen molar-refractivity contribution in [3.05, 3.63) is 77.2 Å². The summed E-state index contributed by atoms with van der Waals surface area (Å²) >= 11 is 0. The van der Waals surface area contributed by atoms with E-state index >= 15 is 0 Å². The Morgan fingerprint density at radius 3 is 2.59 bits per heavy atom. The van der Waals surface area contributed by atoms with Crippen LogP contribution in [0, 0.1) is 18.3 Å². The lowest BCUT2D eigenvalue weighted by Crippen LogP contribution is -2.32. The van der Waals surface area contributed by atoms with Crippen LogP contribution < -0.4 is 14.4 Å². The maximum absolute atomic E-state index is 9.04. The lowest BCUT2D eigenvalue weighted by Gasteiger charge is -2.30. The topological polar surface area (TPSA) is 71.3 Å². The van der Waals surface area contributed by atoms with Crippen LogP contribution in [0.15, 0.2) is 54.9 Å². The molecule has 0 bridgehead atoms. The highest BCUT2D eigenvalue weighted by atomic mass is 16.5. The van der Waals surface area contributed by atoms with E-state index in [1.165, 1.54) is 0 Å². The van der Waals surface area contributed by atoms with Crippen molar-refractivity contribution in [1.29, 1.82) is 5.26 Å². The van der Waals surface area contributed by atoms with Gasteiger partial charge in [0.25, 0.3) is 0 Å². The number of aryl methyl sites for hydroxylation is 1. The van der Waals surface area contributed by atoms with Crippen LogP contribution in [0.5, 0.6) is 11.5 Å². The first kappa shape index (κ1) is 18.8. The second-order valence-corrected chi connectivity index (χ2v) is 6.93. The molecular formula is C23H22N4O2. The van der Waals surface area contributed by atoms with Gasteiger partial charge in [0.05, 0.1) is 11.8 Å². The Morgan fingerprint density at radius 2 is 1.83 bits per heavy atom. The molecule has 3 heterocycles. The van der Waals surface area contributed by atoms with Crippen LogP contribution in [0.1, 0.15) is 22.4 Å². The number of pyridine rings is 2. The summed E-state index contributed by atoms with van der Waals surface area (Å²) < 4.78 is 11.5. The zero-order valence-electron chi connectivity index (χ0n) is 16.3. The third-order valence-electron chi connectivity index (χ3n) is 4.86. The molecule has 0 fully saturated rings. The van der Waals surface area contributed by atoms with Gasteiger partial charge in [0.2, 0.25) is 0 Å². The minimum atomic E-state index is 0.454. The summed E-state index contributed by atoms with van der Waals surface area (Å²) in [5, 5.41) is 9.04. The molecule has 0 amide bonds. The quantitative estimate of drug-likeness (QED) is 0.602. The van der Waals surface area contributed by atoms with Gasteiger partial charge in [-0.2, -0.15) is 5.26 Å². The van der Waals surface area contributed by atoms with Gasteiger partial charge in [-0.25, -0.2) is 4.98 Å². The van der Waals surface area contributed by atoms with Gasteiger partial charge < -0.3 is 14.4 Å².